The molecule has 10 heteroatoms. The Morgan fingerprint density at radius 1 is 1.23 bits per heavy atom. The first-order valence-corrected chi connectivity index (χ1v) is 11.8. The fraction of sp³-hybridized carbons (Fsp3) is 0.286. The highest BCUT2D eigenvalue weighted by Gasteiger charge is 2.31. The minimum atomic E-state index is -0.813. The summed E-state index contributed by atoms with van der Waals surface area (Å²) in [6.45, 7) is 1.95. The van der Waals surface area contributed by atoms with E-state index in [4.69, 9.17) is 17.3 Å². The number of aromatic nitrogens is 1. The van der Waals surface area contributed by atoms with Crippen LogP contribution in [0.3, 0.4) is 0 Å². The number of thioether (sulfide) groups is 1. The number of carboxylic acid groups (broad SMARTS) is 1. The number of hydrogen-bond acceptors (Lipinski definition) is 7. The number of carbonyl (C=O) groups is 3. The molecule has 2 aromatic rings. The Labute approximate surface area is 193 Å². The van der Waals surface area contributed by atoms with Gasteiger partial charge in [0.1, 0.15) is 4.32 Å². The highest BCUT2D eigenvalue weighted by atomic mass is 32.2. The van der Waals surface area contributed by atoms with E-state index in [-0.39, 0.29) is 18.2 Å². The number of benzene rings is 1. The average molecular weight is 476 g/mol. The number of thiazole rings is 1. The molecule has 2 amide bonds. The first-order chi connectivity index (χ1) is 14.9. The molecule has 1 aliphatic rings. The molecular formula is C21H21N3O4S3. The number of nitrogens with zero attached hydrogens (tertiary/aromatic N) is 3. The third-order valence-corrected chi connectivity index (χ3v) is 6.68. The van der Waals surface area contributed by atoms with Crippen molar-refractivity contribution in [1.82, 2.24) is 9.88 Å². The van der Waals surface area contributed by atoms with Gasteiger partial charge in [-0.1, -0.05) is 48.6 Å². The molecule has 1 aromatic carbocycles. The Morgan fingerprint density at radius 2 is 1.97 bits per heavy atom. The molecule has 2 heterocycles. The van der Waals surface area contributed by atoms with Crippen LogP contribution in [0, 0.1) is 0 Å². The summed E-state index contributed by atoms with van der Waals surface area (Å²) in [5.74, 6) is -1.14. The van der Waals surface area contributed by atoms with E-state index in [0.717, 1.165) is 12.1 Å². The molecule has 1 saturated heterocycles. The summed E-state index contributed by atoms with van der Waals surface area (Å²) in [6, 6.07) is 9.26. The van der Waals surface area contributed by atoms with Gasteiger partial charge in [-0.25, -0.2) is 4.98 Å². The summed E-state index contributed by atoms with van der Waals surface area (Å²) in [4.78, 5) is 43.6. The van der Waals surface area contributed by atoms with Gasteiger partial charge in [0.25, 0.3) is 5.91 Å². The molecule has 0 spiro atoms. The largest absolute Gasteiger partial charge is 0.481 e. The van der Waals surface area contributed by atoms with Crippen molar-refractivity contribution in [3.8, 4) is 0 Å². The molecule has 0 aliphatic carbocycles. The lowest BCUT2D eigenvalue weighted by Crippen LogP contribution is -2.29. The second-order valence-electron chi connectivity index (χ2n) is 6.78. The van der Waals surface area contributed by atoms with Crippen molar-refractivity contribution in [2.24, 2.45) is 0 Å². The van der Waals surface area contributed by atoms with Crippen LogP contribution < -0.4 is 4.90 Å². The van der Waals surface area contributed by atoms with E-state index in [0.29, 0.717) is 39.4 Å². The second kappa shape index (κ2) is 10.7. The lowest BCUT2D eigenvalue weighted by atomic mass is 10.2. The van der Waals surface area contributed by atoms with Crippen LogP contribution in [-0.2, 0) is 14.4 Å². The fourth-order valence-corrected chi connectivity index (χ4v) is 5.14. The molecule has 162 valence electrons. The molecule has 0 atom stereocenters. The van der Waals surface area contributed by atoms with Gasteiger partial charge in [0.15, 0.2) is 5.13 Å². The summed E-state index contributed by atoms with van der Waals surface area (Å²) < 4.78 is 0.486. The van der Waals surface area contributed by atoms with Crippen molar-refractivity contribution >= 4 is 74.3 Å². The number of anilines is 2. The predicted octanol–water partition coefficient (Wildman–Crippen LogP) is 4.67. The standard InChI is InChI=1S/C21H21N3O4S3/c1-14(25)24(16-8-4-2-5-9-16)20-22-15(13-30-20)12-17-19(28)23(21(29)31-17)11-7-3-6-10-18(26)27/h2,4-5,8-9,12-13H,3,6-7,10-11H2,1H3,(H,26,27)/b17-12-. The Morgan fingerprint density at radius 3 is 2.65 bits per heavy atom. The van der Waals surface area contributed by atoms with Crippen LogP contribution in [0.25, 0.3) is 6.08 Å². The Kier molecular flexibility index (Phi) is 7.94. The molecule has 31 heavy (non-hydrogen) atoms. The Balaban J connectivity index is 1.68. The van der Waals surface area contributed by atoms with Gasteiger partial charge < -0.3 is 5.11 Å². The van der Waals surface area contributed by atoms with Gasteiger partial charge in [-0.2, -0.15) is 0 Å². The highest BCUT2D eigenvalue weighted by molar-refractivity contribution is 8.26. The Hall–Kier alpha value is -2.56. The summed E-state index contributed by atoms with van der Waals surface area (Å²) in [5, 5.41) is 11.0. The average Bonchev–Trinajstić information content (AvgIpc) is 3.27. The van der Waals surface area contributed by atoms with Crippen LogP contribution in [0.1, 0.15) is 38.3 Å². The van der Waals surface area contributed by atoms with Gasteiger partial charge >= 0.3 is 5.97 Å². The molecule has 0 saturated carbocycles. The summed E-state index contributed by atoms with van der Waals surface area (Å²) in [6.07, 6.45) is 3.81. The van der Waals surface area contributed by atoms with Crippen molar-refractivity contribution in [2.75, 3.05) is 11.4 Å². The van der Waals surface area contributed by atoms with Crippen molar-refractivity contribution in [2.45, 2.75) is 32.6 Å². The Bertz CT molecular complexity index is 1020. The fourth-order valence-electron chi connectivity index (χ4n) is 3.00. The van der Waals surface area contributed by atoms with Crippen LogP contribution in [-0.4, -0.2) is 43.6 Å². The minimum absolute atomic E-state index is 0.130. The number of unbranched alkanes of at least 4 members (excludes halogenated alkanes) is 2. The maximum atomic E-state index is 12.7. The highest BCUT2D eigenvalue weighted by Crippen LogP contribution is 2.34. The quantitative estimate of drug-likeness (QED) is 0.320. The first kappa shape index (κ1) is 23.1. The number of para-hydroxylation sites is 1. The minimum Gasteiger partial charge on any atom is -0.481 e. The second-order valence-corrected chi connectivity index (χ2v) is 9.29. The van der Waals surface area contributed by atoms with E-state index in [1.165, 1.54) is 34.9 Å². The van der Waals surface area contributed by atoms with E-state index in [1.54, 1.807) is 16.4 Å². The monoisotopic (exact) mass is 475 g/mol. The maximum absolute atomic E-state index is 12.7. The van der Waals surface area contributed by atoms with Crippen molar-refractivity contribution < 1.29 is 19.5 Å². The van der Waals surface area contributed by atoms with E-state index in [2.05, 4.69) is 4.98 Å². The number of carboxylic acids is 1. The van der Waals surface area contributed by atoms with E-state index < -0.39 is 5.97 Å². The van der Waals surface area contributed by atoms with Gasteiger partial charge in [-0.15, -0.1) is 11.3 Å². The van der Waals surface area contributed by atoms with E-state index in [1.807, 2.05) is 30.3 Å². The van der Waals surface area contributed by atoms with Gasteiger partial charge in [0.05, 0.1) is 16.3 Å². The number of aliphatic carboxylic acids is 1. The normalized spacial score (nSPS) is 15.0. The third-order valence-electron chi connectivity index (χ3n) is 4.46. The first-order valence-electron chi connectivity index (χ1n) is 9.65. The molecule has 1 aliphatic heterocycles. The maximum Gasteiger partial charge on any atom is 0.303 e. The van der Waals surface area contributed by atoms with Crippen molar-refractivity contribution in [1.29, 1.82) is 0 Å². The SMILES string of the molecule is CC(=O)N(c1ccccc1)c1nc(/C=C2\SC(=S)N(CCCCCC(=O)O)C2=O)cs1. The number of thiocarbonyl (C=S) groups is 1. The number of rotatable bonds is 9. The van der Waals surface area contributed by atoms with E-state index in [9.17, 15) is 14.4 Å². The van der Waals surface area contributed by atoms with Crippen molar-refractivity contribution in [3.05, 3.63) is 46.3 Å². The van der Waals surface area contributed by atoms with Crippen LogP contribution in [0.5, 0.6) is 0 Å². The molecule has 3 rings (SSSR count). The lowest BCUT2D eigenvalue weighted by Gasteiger charge is -2.17. The van der Waals surface area contributed by atoms with Gasteiger partial charge in [-0.05, 0) is 31.1 Å². The molecule has 1 aromatic heterocycles. The molecule has 1 fully saturated rings. The van der Waals surface area contributed by atoms with Crippen molar-refractivity contribution in [3.63, 3.8) is 0 Å². The molecule has 7 nitrogen and oxygen atoms in total. The zero-order valence-electron chi connectivity index (χ0n) is 16.8. The molecule has 1 N–H and O–H groups in total. The third kappa shape index (κ3) is 5.99. The zero-order chi connectivity index (χ0) is 22.4. The molecule has 0 unspecified atom stereocenters. The van der Waals surface area contributed by atoms with Crippen LogP contribution >= 0.6 is 35.3 Å². The number of hydrogen-bond donors (Lipinski definition) is 1. The van der Waals surface area contributed by atoms with E-state index >= 15 is 0 Å². The zero-order valence-corrected chi connectivity index (χ0v) is 19.3. The lowest BCUT2D eigenvalue weighted by molar-refractivity contribution is -0.137. The molecule has 0 radical (unpaired) electrons. The molecular weight excluding hydrogens is 454 g/mol. The summed E-state index contributed by atoms with van der Waals surface area (Å²) in [7, 11) is 0. The van der Waals surface area contributed by atoms with Gasteiger partial charge in [0.2, 0.25) is 5.91 Å². The summed E-state index contributed by atoms with van der Waals surface area (Å²) >= 11 is 7.89. The topological polar surface area (TPSA) is 90.8 Å². The predicted molar refractivity (Wildman–Crippen MR) is 127 cm³/mol. The van der Waals surface area contributed by atoms with Crippen LogP contribution in [0.4, 0.5) is 10.8 Å². The van der Waals surface area contributed by atoms with Crippen LogP contribution in [0.2, 0.25) is 0 Å². The number of carbonyl (C=O) groups excluding carboxylic acids is 2. The summed E-state index contributed by atoms with van der Waals surface area (Å²) in [5.41, 5.74) is 1.31. The smallest absolute Gasteiger partial charge is 0.303 e. The van der Waals surface area contributed by atoms with Gasteiger partial charge in [0, 0.05) is 25.3 Å². The number of amides is 2. The molecule has 0 bridgehead atoms. The van der Waals surface area contributed by atoms with Gasteiger partial charge in [-0.3, -0.25) is 24.2 Å². The van der Waals surface area contributed by atoms with Crippen LogP contribution in [0.15, 0.2) is 40.6 Å².